The molecule has 0 radical (unpaired) electrons. The molecule has 2 heterocycles. The molecule has 2 nitrogen and oxygen atoms in total. The Bertz CT molecular complexity index is 3250. The molecule has 0 saturated heterocycles. The molecule has 0 spiro atoms. The quantitative estimate of drug-likeness (QED) is 0.164. The first-order valence-corrected chi connectivity index (χ1v) is 20.7. The van der Waals surface area contributed by atoms with Gasteiger partial charge in [0.1, 0.15) is 0 Å². The number of rotatable bonds is 6. The van der Waals surface area contributed by atoms with Crippen molar-refractivity contribution in [1.29, 1.82) is 0 Å². The largest absolute Gasteiger partial charge is 0.310 e. The Kier molecular flexibility index (Phi) is 7.35. The number of para-hydroxylation sites is 3. The van der Waals surface area contributed by atoms with Crippen molar-refractivity contribution in [1.82, 2.24) is 4.57 Å². The predicted molar refractivity (Wildman–Crippen MR) is 246 cm³/mol. The monoisotopic (exact) mass is 756 g/mol. The zero-order valence-electron chi connectivity index (χ0n) is 31.6. The van der Waals surface area contributed by atoms with Gasteiger partial charge in [0.25, 0.3) is 0 Å². The van der Waals surface area contributed by atoms with E-state index in [2.05, 4.69) is 228 Å². The Morgan fingerprint density at radius 3 is 1.53 bits per heavy atom. The summed E-state index contributed by atoms with van der Waals surface area (Å²) in [6.45, 7) is 0. The lowest BCUT2D eigenvalue weighted by Gasteiger charge is -2.35. The van der Waals surface area contributed by atoms with Crippen molar-refractivity contribution in [2.75, 3.05) is 4.90 Å². The molecule has 12 rings (SSSR count). The minimum Gasteiger partial charge on any atom is -0.310 e. The fourth-order valence-corrected chi connectivity index (χ4v) is 10.9. The molecule has 11 aromatic rings. The zero-order valence-corrected chi connectivity index (χ0v) is 32.4. The van der Waals surface area contributed by atoms with E-state index < -0.39 is 5.41 Å². The maximum atomic E-state index is 2.47. The first kappa shape index (κ1) is 33.0. The molecule has 9 aromatic carbocycles. The van der Waals surface area contributed by atoms with E-state index in [9.17, 15) is 0 Å². The Balaban J connectivity index is 1.14. The van der Waals surface area contributed by atoms with E-state index in [-0.39, 0.29) is 0 Å². The molecule has 0 amide bonds. The Morgan fingerprint density at radius 2 is 0.862 bits per heavy atom. The van der Waals surface area contributed by atoms with Gasteiger partial charge in [-0.2, -0.15) is 0 Å². The van der Waals surface area contributed by atoms with Gasteiger partial charge in [-0.25, -0.2) is 0 Å². The molecule has 0 aliphatic heterocycles. The Hall–Kier alpha value is -7.20. The number of anilines is 3. The summed E-state index contributed by atoms with van der Waals surface area (Å²) in [7, 11) is 0. The molecule has 2 aromatic heterocycles. The highest BCUT2D eigenvalue weighted by Gasteiger charge is 2.46. The van der Waals surface area contributed by atoms with Gasteiger partial charge in [0, 0.05) is 53.7 Å². The number of hydrogen-bond acceptors (Lipinski definition) is 2. The second kappa shape index (κ2) is 12.9. The van der Waals surface area contributed by atoms with Gasteiger partial charge in [-0.1, -0.05) is 146 Å². The Labute approximate surface area is 341 Å². The van der Waals surface area contributed by atoms with Crippen molar-refractivity contribution in [3.63, 3.8) is 0 Å². The van der Waals surface area contributed by atoms with Crippen LogP contribution < -0.4 is 4.90 Å². The fourth-order valence-electron chi connectivity index (χ4n) is 9.82. The molecule has 0 atom stereocenters. The van der Waals surface area contributed by atoms with E-state index in [0.29, 0.717) is 0 Å². The fraction of sp³-hybridized carbons (Fsp3) is 0.0182. The van der Waals surface area contributed by atoms with Crippen molar-refractivity contribution >= 4 is 70.4 Å². The van der Waals surface area contributed by atoms with E-state index in [1.54, 1.807) is 0 Å². The van der Waals surface area contributed by atoms with Crippen LogP contribution in [-0.2, 0) is 5.41 Å². The number of nitrogens with zero attached hydrogens (tertiary/aromatic N) is 2. The molecule has 0 unspecified atom stereocenters. The molecular weight excluding hydrogens is 721 g/mol. The summed E-state index contributed by atoms with van der Waals surface area (Å²) < 4.78 is 5.06. The molecule has 0 bridgehead atoms. The third kappa shape index (κ3) is 4.78. The smallest absolute Gasteiger partial charge is 0.0715 e. The third-order valence-corrected chi connectivity index (χ3v) is 13.4. The van der Waals surface area contributed by atoms with Gasteiger partial charge in [-0.15, -0.1) is 11.3 Å². The van der Waals surface area contributed by atoms with Crippen LogP contribution in [0.2, 0.25) is 0 Å². The normalized spacial score (nSPS) is 13.0. The van der Waals surface area contributed by atoms with Gasteiger partial charge < -0.3 is 9.47 Å². The van der Waals surface area contributed by atoms with Crippen LogP contribution in [0, 0.1) is 0 Å². The zero-order chi connectivity index (χ0) is 38.2. The number of fused-ring (bicyclic) bond motifs is 9. The van der Waals surface area contributed by atoms with Crippen LogP contribution in [0.5, 0.6) is 0 Å². The van der Waals surface area contributed by atoms with Crippen LogP contribution in [0.3, 0.4) is 0 Å². The SMILES string of the molecule is c1ccc(N(c2ccc3c(c2)C(c2ccccc2)(c2ccccc2)c2cc(-n4c5ccccc5c5ccccc54)ccc2-3)c2ccc3sc4ccccc4c3c2)cc1. The van der Waals surface area contributed by atoms with Crippen LogP contribution in [0.15, 0.2) is 218 Å². The molecule has 1 aliphatic rings. The second-order valence-corrected chi connectivity index (χ2v) is 16.3. The van der Waals surface area contributed by atoms with Crippen molar-refractivity contribution in [3.05, 3.63) is 241 Å². The van der Waals surface area contributed by atoms with Crippen molar-refractivity contribution in [2.24, 2.45) is 0 Å². The van der Waals surface area contributed by atoms with Gasteiger partial charge in [0.05, 0.1) is 16.4 Å². The van der Waals surface area contributed by atoms with Crippen LogP contribution in [0.1, 0.15) is 22.3 Å². The van der Waals surface area contributed by atoms with Gasteiger partial charge in [-0.05, 0) is 106 Å². The summed E-state index contributed by atoms with van der Waals surface area (Å²) in [5.41, 5.74) is 13.9. The summed E-state index contributed by atoms with van der Waals surface area (Å²) in [6.07, 6.45) is 0. The minimum absolute atomic E-state index is 0.589. The Morgan fingerprint density at radius 1 is 0.362 bits per heavy atom. The first-order chi connectivity index (χ1) is 28.8. The van der Waals surface area contributed by atoms with E-state index >= 15 is 0 Å². The number of thiophene rings is 1. The van der Waals surface area contributed by atoms with Crippen LogP contribution in [0.4, 0.5) is 17.1 Å². The van der Waals surface area contributed by atoms with Crippen LogP contribution >= 0.6 is 11.3 Å². The summed E-state index contributed by atoms with van der Waals surface area (Å²) in [4.78, 5) is 2.43. The van der Waals surface area contributed by atoms with Crippen LogP contribution in [0.25, 0.3) is 58.8 Å². The molecule has 0 saturated carbocycles. The third-order valence-electron chi connectivity index (χ3n) is 12.2. The second-order valence-electron chi connectivity index (χ2n) is 15.3. The number of aromatic nitrogens is 1. The molecule has 0 fully saturated rings. The standard InChI is InChI=1S/C55H36N2S/c1-4-16-37(17-5-1)55(38-18-6-2-7-19-38)49-35-41(56(39-20-8-3-9-21-39)40-30-33-54-48(34-40)47-24-12-15-27-53(47)58-54)28-31-43(49)44-32-29-42(36-50(44)55)57-51-25-13-10-22-45(51)46-23-11-14-26-52(46)57/h1-36H. The summed E-state index contributed by atoms with van der Waals surface area (Å²) in [6, 6.07) is 80.7. The number of benzene rings is 9. The lowest BCUT2D eigenvalue weighted by atomic mass is 9.67. The predicted octanol–water partition coefficient (Wildman–Crippen LogP) is 15.0. The molecular formula is C55H36N2S. The summed E-state index contributed by atoms with van der Waals surface area (Å²) >= 11 is 1.86. The van der Waals surface area contributed by atoms with E-state index in [1.165, 1.54) is 75.4 Å². The average Bonchev–Trinajstić information content (AvgIpc) is 3.93. The molecule has 58 heavy (non-hydrogen) atoms. The topological polar surface area (TPSA) is 8.17 Å². The van der Waals surface area contributed by atoms with Crippen molar-refractivity contribution in [2.45, 2.75) is 5.41 Å². The molecule has 1 aliphatic carbocycles. The minimum atomic E-state index is -0.589. The maximum Gasteiger partial charge on any atom is 0.0715 e. The molecule has 0 N–H and O–H groups in total. The summed E-state index contributed by atoms with van der Waals surface area (Å²) in [5.74, 6) is 0. The van der Waals surface area contributed by atoms with E-state index in [4.69, 9.17) is 0 Å². The lowest BCUT2D eigenvalue weighted by molar-refractivity contribution is 0.767. The molecule has 272 valence electrons. The highest BCUT2D eigenvalue weighted by Crippen LogP contribution is 2.58. The molecule has 3 heteroatoms. The van der Waals surface area contributed by atoms with Gasteiger partial charge in [0.15, 0.2) is 0 Å². The average molecular weight is 757 g/mol. The van der Waals surface area contributed by atoms with Crippen molar-refractivity contribution < 1.29 is 0 Å². The highest BCUT2D eigenvalue weighted by atomic mass is 32.1. The number of hydrogen-bond donors (Lipinski definition) is 0. The lowest BCUT2D eigenvalue weighted by Crippen LogP contribution is -2.29. The van der Waals surface area contributed by atoms with Crippen molar-refractivity contribution in [3.8, 4) is 16.8 Å². The summed E-state index contributed by atoms with van der Waals surface area (Å²) in [5, 5.41) is 5.11. The van der Waals surface area contributed by atoms with Gasteiger partial charge in [-0.3, -0.25) is 0 Å². The van der Waals surface area contributed by atoms with Crippen LogP contribution in [-0.4, -0.2) is 4.57 Å². The first-order valence-electron chi connectivity index (χ1n) is 19.9. The van der Waals surface area contributed by atoms with E-state index in [1.807, 2.05) is 11.3 Å². The van der Waals surface area contributed by atoms with Gasteiger partial charge >= 0.3 is 0 Å². The highest BCUT2D eigenvalue weighted by molar-refractivity contribution is 7.25. The maximum absolute atomic E-state index is 2.47. The van der Waals surface area contributed by atoms with E-state index in [0.717, 1.165) is 22.7 Å². The van der Waals surface area contributed by atoms with Gasteiger partial charge in [0.2, 0.25) is 0 Å².